The molecule has 0 aromatic carbocycles. The Kier molecular flexibility index (Phi) is 9.02. The van der Waals surface area contributed by atoms with E-state index in [0.717, 1.165) is 32.4 Å². The predicted octanol–water partition coefficient (Wildman–Crippen LogP) is 2.81. The van der Waals surface area contributed by atoms with Gasteiger partial charge in [-0.25, -0.2) is 4.79 Å². The molecule has 0 bridgehead atoms. The third-order valence-electron chi connectivity index (χ3n) is 4.26. The number of methoxy groups -OCH3 is 2. The molecular formula is C18H36N2O4. The average Bonchev–Trinajstić information content (AvgIpc) is 2.50. The van der Waals surface area contributed by atoms with E-state index in [1.165, 1.54) is 6.42 Å². The van der Waals surface area contributed by atoms with Crippen LogP contribution in [-0.2, 0) is 14.2 Å². The highest BCUT2D eigenvalue weighted by Gasteiger charge is 2.31. The van der Waals surface area contributed by atoms with E-state index < -0.39 is 5.60 Å². The van der Waals surface area contributed by atoms with Crippen molar-refractivity contribution < 1.29 is 19.0 Å². The molecule has 1 amide bonds. The van der Waals surface area contributed by atoms with Gasteiger partial charge in [-0.2, -0.15) is 0 Å². The third kappa shape index (κ3) is 7.81. The molecule has 1 N–H and O–H groups in total. The van der Waals surface area contributed by atoms with Crippen LogP contribution in [0.4, 0.5) is 4.79 Å². The molecular weight excluding hydrogens is 308 g/mol. The molecule has 1 saturated heterocycles. The number of piperidine rings is 1. The Morgan fingerprint density at radius 1 is 1.29 bits per heavy atom. The first-order valence-electron chi connectivity index (χ1n) is 9.01. The summed E-state index contributed by atoms with van der Waals surface area (Å²) in [6, 6.07) is 0.534. The van der Waals surface area contributed by atoms with Crippen molar-refractivity contribution in [3.63, 3.8) is 0 Å². The van der Waals surface area contributed by atoms with Crippen LogP contribution in [0.5, 0.6) is 0 Å². The van der Waals surface area contributed by atoms with E-state index in [0.29, 0.717) is 12.6 Å². The zero-order chi connectivity index (χ0) is 18.2. The standard InChI is InChI=1S/C18H36N2O4/c1-14(19-12-16(23-6)13-22-5)11-15-9-7-8-10-20(15)17(21)24-18(2,3)4/h14-16,19H,7-13H2,1-6H3. The fraction of sp³-hybridized carbons (Fsp3) is 0.944. The third-order valence-corrected chi connectivity index (χ3v) is 4.26. The fourth-order valence-electron chi connectivity index (χ4n) is 3.03. The predicted molar refractivity (Wildman–Crippen MR) is 95.3 cm³/mol. The number of ether oxygens (including phenoxy) is 3. The SMILES string of the molecule is COCC(CNC(C)CC1CCCCN1C(=O)OC(C)(C)C)OC. The summed E-state index contributed by atoms with van der Waals surface area (Å²) in [6.07, 6.45) is 4.04. The smallest absolute Gasteiger partial charge is 0.410 e. The van der Waals surface area contributed by atoms with Crippen molar-refractivity contribution in [1.82, 2.24) is 10.2 Å². The van der Waals surface area contributed by atoms with E-state index in [-0.39, 0.29) is 18.2 Å². The summed E-state index contributed by atoms with van der Waals surface area (Å²) in [5.74, 6) is 0. The van der Waals surface area contributed by atoms with Crippen LogP contribution in [0.3, 0.4) is 0 Å². The Bertz CT molecular complexity index is 371. The molecule has 0 aromatic rings. The summed E-state index contributed by atoms with van der Waals surface area (Å²) < 4.78 is 16.1. The largest absolute Gasteiger partial charge is 0.444 e. The molecule has 142 valence electrons. The molecule has 6 heteroatoms. The van der Waals surface area contributed by atoms with Crippen LogP contribution in [0.15, 0.2) is 0 Å². The second kappa shape index (κ2) is 10.2. The zero-order valence-corrected chi connectivity index (χ0v) is 16.3. The quantitative estimate of drug-likeness (QED) is 0.734. The first-order chi connectivity index (χ1) is 11.3. The lowest BCUT2D eigenvalue weighted by Crippen LogP contribution is -2.49. The van der Waals surface area contributed by atoms with Gasteiger partial charge in [0, 0.05) is 39.4 Å². The van der Waals surface area contributed by atoms with E-state index in [9.17, 15) is 4.79 Å². The lowest BCUT2D eigenvalue weighted by atomic mass is 9.96. The van der Waals surface area contributed by atoms with Gasteiger partial charge >= 0.3 is 6.09 Å². The number of rotatable bonds is 8. The van der Waals surface area contributed by atoms with Gasteiger partial charge in [-0.1, -0.05) is 0 Å². The summed E-state index contributed by atoms with van der Waals surface area (Å²) in [4.78, 5) is 14.4. The Labute approximate surface area is 147 Å². The van der Waals surface area contributed by atoms with Crippen LogP contribution in [-0.4, -0.2) is 68.7 Å². The Hall–Kier alpha value is -0.850. The maximum atomic E-state index is 12.4. The van der Waals surface area contributed by atoms with Crippen molar-refractivity contribution in [2.75, 3.05) is 33.9 Å². The van der Waals surface area contributed by atoms with Crippen molar-refractivity contribution in [2.24, 2.45) is 0 Å². The van der Waals surface area contributed by atoms with Crippen LogP contribution >= 0.6 is 0 Å². The lowest BCUT2D eigenvalue weighted by Gasteiger charge is -2.38. The van der Waals surface area contributed by atoms with Crippen molar-refractivity contribution in [1.29, 1.82) is 0 Å². The number of likely N-dealkylation sites (tertiary alicyclic amines) is 1. The van der Waals surface area contributed by atoms with E-state index in [2.05, 4.69) is 12.2 Å². The first kappa shape index (κ1) is 21.2. The van der Waals surface area contributed by atoms with Crippen LogP contribution < -0.4 is 5.32 Å². The van der Waals surface area contributed by atoms with Gasteiger partial charge in [0.25, 0.3) is 0 Å². The van der Waals surface area contributed by atoms with Crippen molar-refractivity contribution in [3.05, 3.63) is 0 Å². The van der Waals surface area contributed by atoms with Gasteiger partial charge in [0.05, 0.1) is 12.7 Å². The second-order valence-electron chi connectivity index (χ2n) is 7.68. The molecule has 0 aromatic heterocycles. The number of carbonyl (C=O) groups is 1. The molecule has 0 saturated carbocycles. The molecule has 1 rings (SSSR count). The Balaban J connectivity index is 2.51. The van der Waals surface area contributed by atoms with Crippen LogP contribution in [0, 0.1) is 0 Å². The molecule has 6 nitrogen and oxygen atoms in total. The molecule has 24 heavy (non-hydrogen) atoms. The van der Waals surface area contributed by atoms with Crippen LogP contribution in [0.2, 0.25) is 0 Å². The molecule has 3 unspecified atom stereocenters. The molecule has 0 aliphatic carbocycles. The normalized spacial score (nSPS) is 21.4. The van der Waals surface area contributed by atoms with Gasteiger partial charge in [-0.3, -0.25) is 0 Å². The van der Waals surface area contributed by atoms with Crippen molar-refractivity contribution in [2.45, 2.75) is 77.2 Å². The maximum Gasteiger partial charge on any atom is 0.410 e. The number of hydrogen-bond acceptors (Lipinski definition) is 5. The minimum absolute atomic E-state index is 0.0470. The highest BCUT2D eigenvalue weighted by molar-refractivity contribution is 5.68. The number of nitrogens with one attached hydrogen (secondary N) is 1. The highest BCUT2D eigenvalue weighted by Crippen LogP contribution is 2.23. The minimum Gasteiger partial charge on any atom is -0.444 e. The monoisotopic (exact) mass is 344 g/mol. The zero-order valence-electron chi connectivity index (χ0n) is 16.3. The summed E-state index contributed by atoms with van der Waals surface area (Å²) in [5, 5.41) is 3.49. The van der Waals surface area contributed by atoms with Crippen LogP contribution in [0.1, 0.15) is 53.4 Å². The summed E-state index contributed by atoms with van der Waals surface area (Å²) >= 11 is 0. The van der Waals surface area contributed by atoms with Gasteiger partial charge in [0.1, 0.15) is 5.60 Å². The van der Waals surface area contributed by atoms with E-state index in [4.69, 9.17) is 14.2 Å². The molecule has 1 aliphatic heterocycles. The summed E-state index contributed by atoms with van der Waals surface area (Å²) in [5.41, 5.74) is -0.450. The number of amides is 1. The Morgan fingerprint density at radius 3 is 2.58 bits per heavy atom. The van der Waals surface area contributed by atoms with Crippen LogP contribution in [0.25, 0.3) is 0 Å². The topological polar surface area (TPSA) is 60.0 Å². The number of nitrogens with zero attached hydrogens (tertiary/aromatic N) is 1. The summed E-state index contributed by atoms with van der Waals surface area (Å²) in [7, 11) is 3.37. The summed E-state index contributed by atoms with van der Waals surface area (Å²) in [6.45, 7) is 9.99. The van der Waals surface area contributed by atoms with E-state index in [1.54, 1.807) is 14.2 Å². The molecule has 1 fully saturated rings. The molecule has 0 spiro atoms. The Morgan fingerprint density at radius 2 is 2.00 bits per heavy atom. The molecule has 1 heterocycles. The van der Waals surface area contributed by atoms with Gasteiger partial charge in [0.2, 0.25) is 0 Å². The molecule has 3 atom stereocenters. The van der Waals surface area contributed by atoms with E-state index >= 15 is 0 Å². The van der Waals surface area contributed by atoms with E-state index in [1.807, 2.05) is 25.7 Å². The molecule has 0 radical (unpaired) electrons. The number of carbonyl (C=O) groups excluding carboxylic acids is 1. The first-order valence-corrected chi connectivity index (χ1v) is 9.01. The van der Waals surface area contributed by atoms with Gasteiger partial charge < -0.3 is 24.4 Å². The molecule has 1 aliphatic rings. The van der Waals surface area contributed by atoms with Gasteiger partial charge in [-0.05, 0) is 53.4 Å². The second-order valence-corrected chi connectivity index (χ2v) is 7.68. The van der Waals surface area contributed by atoms with Gasteiger partial charge in [0.15, 0.2) is 0 Å². The number of hydrogen-bond donors (Lipinski definition) is 1. The van der Waals surface area contributed by atoms with Gasteiger partial charge in [-0.15, -0.1) is 0 Å². The maximum absolute atomic E-state index is 12.4. The lowest BCUT2D eigenvalue weighted by molar-refractivity contribution is 0.00679. The highest BCUT2D eigenvalue weighted by atomic mass is 16.6. The van der Waals surface area contributed by atoms with Crippen molar-refractivity contribution >= 4 is 6.09 Å². The average molecular weight is 344 g/mol. The fourth-order valence-corrected chi connectivity index (χ4v) is 3.03. The minimum atomic E-state index is -0.450. The van der Waals surface area contributed by atoms with Crippen molar-refractivity contribution in [3.8, 4) is 0 Å².